The third-order valence-electron chi connectivity index (χ3n) is 4.75. The van der Waals surface area contributed by atoms with E-state index in [1.165, 1.54) is 18.4 Å². The summed E-state index contributed by atoms with van der Waals surface area (Å²) in [6, 6.07) is 12.0. The first-order chi connectivity index (χ1) is 12.6. The van der Waals surface area contributed by atoms with Gasteiger partial charge in [0.25, 0.3) is 0 Å². The van der Waals surface area contributed by atoms with Gasteiger partial charge in [-0.15, -0.1) is 0 Å². The van der Waals surface area contributed by atoms with E-state index in [0.717, 1.165) is 24.0 Å². The Morgan fingerprint density at radius 3 is 2.38 bits per heavy atom. The highest BCUT2D eigenvalue weighted by molar-refractivity contribution is 5.76. The summed E-state index contributed by atoms with van der Waals surface area (Å²) in [6.07, 6.45) is 7.42. The number of hydrogen-bond acceptors (Lipinski definition) is 3. The maximum absolute atomic E-state index is 11.2. The number of rotatable bonds is 5. The van der Waals surface area contributed by atoms with Crippen LogP contribution in [0.3, 0.4) is 0 Å². The van der Waals surface area contributed by atoms with Crippen LogP contribution in [0.25, 0.3) is 0 Å². The lowest BCUT2D eigenvalue weighted by molar-refractivity contribution is -0.117. The predicted molar refractivity (Wildman–Crippen MR) is 103 cm³/mol. The molecule has 26 heavy (non-hydrogen) atoms. The lowest BCUT2D eigenvalue weighted by Gasteiger charge is -2.11. The van der Waals surface area contributed by atoms with E-state index in [1.807, 2.05) is 24.3 Å². The quantitative estimate of drug-likeness (QED) is 0.723. The minimum absolute atomic E-state index is 0.217. The van der Waals surface area contributed by atoms with Gasteiger partial charge < -0.3 is 9.53 Å². The first kappa shape index (κ1) is 18.2. The molecular formula is C23H25NO2. The van der Waals surface area contributed by atoms with Crippen LogP contribution in [0.15, 0.2) is 42.6 Å². The van der Waals surface area contributed by atoms with Crippen LogP contribution >= 0.6 is 0 Å². The van der Waals surface area contributed by atoms with E-state index in [4.69, 9.17) is 4.74 Å². The van der Waals surface area contributed by atoms with Gasteiger partial charge in [0.2, 0.25) is 5.88 Å². The Kier molecular flexibility index (Phi) is 6.07. The smallest absolute Gasteiger partial charge is 0.213 e. The van der Waals surface area contributed by atoms with Crippen molar-refractivity contribution in [2.24, 2.45) is 0 Å². The van der Waals surface area contributed by atoms with Gasteiger partial charge in [0.15, 0.2) is 0 Å². The second kappa shape index (κ2) is 8.67. The number of carbonyl (C=O) groups is 1. The highest BCUT2D eigenvalue weighted by atomic mass is 16.5. The fourth-order valence-corrected chi connectivity index (χ4v) is 3.29. The molecule has 1 aromatic carbocycles. The number of aromatic nitrogens is 1. The average Bonchev–Trinajstić information content (AvgIpc) is 3.14. The Morgan fingerprint density at radius 1 is 1.12 bits per heavy atom. The van der Waals surface area contributed by atoms with Crippen molar-refractivity contribution in [3.8, 4) is 17.7 Å². The Balaban J connectivity index is 1.60. The summed E-state index contributed by atoms with van der Waals surface area (Å²) >= 11 is 0. The van der Waals surface area contributed by atoms with Crippen LogP contribution in [-0.2, 0) is 4.79 Å². The standard InChI is InChI=1S/C23H25NO2/c1-17(15-18(2)25)21-12-9-19(10-13-21)7-8-20-11-14-23(24-16-20)26-22-5-3-4-6-22/h9-14,16-17,22H,3-6,15H2,1-2H3. The molecule has 0 amide bonds. The summed E-state index contributed by atoms with van der Waals surface area (Å²) in [5.41, 5.74) is 2.99. The fraction of sp³-hybridized carbons (Fsp3) is 0.391. The highest BCUT2D eigenvalue weighted by Gasteiger charge is 2.16. The van der Waals surface area contributed by atoms with Crippen molar-refractivity contribution in [3.63, 3.8) is 0 Å². The summed E-state index contributed by atoms with van der Waals surface area (Å²) in [5.74, 6) is 7.45. The van der Waals surface area contributed by atoms with E-state index in [1.54, 1.807) is 13.1 Å². The van der Waals surface area contributed by atoms with Crippen LogP contribution in [0.2, 0.25) is 0 Å². The molecule has 1 unspecified atom stereocenters. The molecule has 1 aliphatic carbocycles. The van der Waals surface area contributed by atoms with Gasteiger partial charge in [-0.3, -0.25) is 0 Å². The maximum atomic E-state index is 11.2. The first-order valence-electron chi connectivity index (χ1n) is 9.34. The first-order valence-corrected chi connectivity index (χ1v) is 9.34. The van der Waals surface area contributed by atoms with E-state index in [0.29, 0.717) is 18.4 Å². The molecule has 2 aromatic rings. The predicted octanol–water partition coefficient (Wildman–Crippen LogP) is 4.89. The molecule has 0 N–H and O–H groups in total. The number of Topliss-reactive ketones (excluding diaryl/α,β-unsaturated/α-hetero) is 1. The molecular weight excluding hydrogens is 322 g/mol. The molecule has 1 heterocycles. The molecule has 3 heteroatoms. The zero-order valence-electron chi connectivity index (χ0n) is 15.5. The Labute approximate surface area is 155 Å². The van der Waals surface area contributed by atoms with Crippen molar-refractivity contribution in [1.82, 2.24) is 4.98 Å². The van der Waals surface area contributed by atoms with Gasteiger partial charge in [-0.1, -0.05) is 30.9 Å². The third-order valence-corrected chi connectivity index (χ3v) is 4.75. The highest BCUT2D eigenvalue weighted by Crippen LogP contribution is 2.23. The Hall–Kier alpha value is -2.60. The molecule has 0 saturated heterocycles. The second-order valence-electron chi connectivity index (χ2n) is 7.09. The lowest BCUT2D eigenvalue weighted by atomic mass is 9.95. The van der Waals surface area contributed by atoms with Crippen molar-refractivity contribution in [2.75, 3.05) is 0 Å². The molecule has 1 aliphatic rings. The van der Waals surface area contributed by atoms with Gasteiger partial charge in [0, 0.05) is 29.8 Å². The topological polar surface area (TPSA) is 39.2 Å². The number of pyridine rings is 1. The summed E-state index contributed by atoms with van der Waals surface area (Å²) in [6.45, 7) is 3.71. The van der Waals surface area contributed by atoms with Gasteiger partial charge in [0.1, 0.15) is 11.9 Å². The van der Waals surface area contributed by atoms with E-state index < -0.39 is 0 Å². The molecule has 1 fully saturated rings. The molecule has 0 spiro atoms. The number of benzene rings is 1. The molecule has 1 atom stereocenters. The van der Waals surface area contributed by atoms with Gasteiger partial charge in [-0.05, 0) is 62.3 Å². The van der Waals surface area contributed by atoms with Gasteiger partial charge >= 0.3 is 0 Å². The van der Waals surface area contributed by atoms with Gasteiger partial charge in [-0.25, -0.2) is 4.98 Å². The molecule has 0 bridgehead atoms. The van der Waals surface area contributed by atoms with Crippen molar-refractivity contribution < 1.29 is 9.53 Å². The normalized spacial score (nSPS) is 15.2. The van der Waals surface area contributed by atoms with Crippen LogP contribution in [0, 0.1) is 11.8 Å². The second-order valence-corrected chi connectivity index (χ2v) is 7.09. The van der Waals surface area contributed by atoms with Gasteiger partial charge in [-0.2, -0.15) is 0 Å². The molecule has 0 aliphatic heterocycles. The van der Waals surface area contributed by atoms with Crippen LogP contribution in [0.4, 0.5) is 0 Å². The monoisotopic (exact) mass is 347 g/mol. The van der Waals surface area contributed by atoms with Gasteiger partial charge in [0.05, 0.1) is 0 Å². The summed E-state index contributed by atoms with van der Waals surface area (Å²) in [5, 5.41) is 0. The van der Waals surface area contributed by atoms with E-state index in [9.17, 15) is 4.79 Å². The summed E-state index contributed by atoms with van der Waals surface area (Å²) < 4.78 is 5.87. The molecule has 1 aromatic heterocycles. The summed E-state index contributed by atoms with van der Waals surface area (Å²) in [4.78, 5) is 15.6. The maximum Gasteiger partial charge on any atom is 0.213 e. The lowest BCUT2D eigenvalue weighted by Crippen LogP contribution is -2.11. The van der Waals surface area contributed by atoms with Crippen molar-refractivity contribution in [1.29, 1.82) is 0 Å². The van der Waals surface area contributed by atoms with Crippen LogP contribution in [0.5, 0.6) is 5.88 Å². The average molecular weight is 347 g/mol. The number of carbonyl (C=O) groups excluding carboxylic acids is 1. The molecule has 3 rings (SSSR count). The van der Waals surface area contributed by atoms with Crippen LogP contribution in [-0.4, -0.2) is 16.9 Å². The Morgan fingerprint density at radius 2 is 1.77 bits per heavy atom. The molecule has 0 radical (unpaired) electrons. The van der Waals surface area contributed by atoms with E-state index in [-0.39, 0.29) is 11.7 Å². The molecule has 134 valence electrons. The zero-order chi connectivity index (χ0) is 18.4. The van der Waals surface area contributed by atoms with E-state index in [2.05, 4.69) is 35.9 Å². The largest absolute Gasteiger partial charge is 0.474 e. The minimum atomic E-state index is 0.217. The van der Waals surface area contributed by atoms with Crippen LogP contribution < -0.4 is 4.74 Å². The molecule has 1 saturated carbocycles. The number of nitrogens with zero attached hydrogens (tertiary/aromatic N) is 1. The Bertz CT molecular complexity index is 791. The third kappa shape index (κ3) is 5.20. The zero-order valence-corrected chi connectivity index (χ0v) is 15.5. The van der Waals surface area contributed by atoms with Crippen molar-refractivity contribution in [3.05, 3.63) is 59.3 Å². The van der Waals surface area contributed by atoms with Crippen LogP contribution in [0.1, 0.15) is 68.6 Å². The van der Waals surface area contributed by atoms with Crippen molar-refractivity contribution in [2.45, 2.75) is 58.0 Å². The summed E-state index contributed by atoms with van der Waals surface area (Å²) in [7, 11) is 0. The number of ether oxygens (including phenoxy) is 1. The number of ketones is 1. The SMILES string of the molecule is CC(=O)CC(C)c1ccc(C#Cc2ccc(OC3CCCC3)nc2)cc1. The van der Waals surface area contributed by atoms with E-state index >= 15 is 0 Å². The number of hydrogen-bond donors (Lipinski definition) is 0. The fourth-order valence-electron chi connectivity index (χ4n) is 3.29. The van der Waals surface area contributed by atoms with Crippen molar-refractivity contribution >= 4 is 5.78 Å². The minimum Gasteiger partial charge on any atom is -0.474 e. The molecule has 3 nitrogen and oxygen atoms in total.